The first-order chi connectivity index (χ1) is 10.2. The Morgan fingerprint density at radius 2 is 1.68 bits per heavy atom. The van der Waals surface area contributed by atoms with Gasteiger partial charge < -0.3 is 11.1 Å². The second-order valence-electron chi connectivity index (χ2n) is 5.84. The average molecular weight is 317 g/mol. The standard InChI is InChI=1S/C18H20N2O.ClH/c19-16-8-6-14(7-9-16)12-17(21)20-13-18(10-11-18)15-4-2-1-3-5-15;/h1-9H,10-13,19H2,(H,20,21);1H. The summed E-state index contributed by atoms with van der Waals surface area (Å²) in [5.74, 6) is 0.0713. The second kappa shape index (κ2) is 6.84. The minimum atomic E-state index is 0. The van der Waals surface area contributed by atoms with Crippen molar-refractivity contribution in [1.29, 1.82) is 0 Å². The highest BCUT2D eigenvalue weighted by Gasteiger charge is 2.44. The van der Waals surface area contributed by atoms with Crippen molar-refractivity contribution in [3.8, 4) is 0 Å². The highest BCUT2D eigenvalue weighted by Crippen LogP contribution is 2.47. The van der Waals surface area contributed by atoms with Crippen LogP contribution in [0.1, 0.15) is 24.0 Å². The maximum Gasteiger partial charge on any atom is 0.224 e. The van der Waals surface area contributed by atoms with Gasteiger partial charge in [0.1, 0.15) is 0 Å². The fraction of sp³-hybridized carbons (Fsp3) is 0.278. The van der Waals surface area contributed by atoms with Gasteiger partial charge in [-0.05, 0) is 36.1 Å². The van der Waals surface area contributed by atoms with E-state index in [4.69, 9.17) is 5.73 Å². The van der Waals surface area contributed by atoms with E-state index in [-0.39, 0.29) is 23.7 Å². The van der Waals surface area contributed by atoms with Crippen LogP contribution in [0.2, 0.25) is 0 Å². The zero-order chi connectivity index (χ0) is 14.7. The molecular formula is C18H21ClN2O. The molecule has 0 atom stereocenters. The molecule has 3 N–H and O–H groups in total. The molecule has 3 nitrogen and oxygen atoms in total. The number of nitrogens with one attached hydrogen (secondary N) is 1. The third-order valence-electron chi connectivity index (χ3n) is 4.21. The first-order valence-electron chi connectivity index (χ1n) is 7.35. The van der Waals surface area contributed by atoms with Gasteiger partial charge in [0.2, 0.25) is 5.91 Å². The van der Waals surface area contributed by atoms with Crippen molar-refractivity contribution in [2.45, 2.75) is 24.7 Å². The van der Waals surface area contributed by atoms with Crippen molar-refractivity contribution in [3.05, 3.63) is 65.7 Å². The number of halogens is 1. The van der Waals surface area contributed by atoms with Crippen LogP contribution in [0.25, 0.3) is 0 Å². The SMILES string of the molecule is Cl.Nc1ccc(CC(=O)NCC2(c3ccccc3)CC2)cc1. The fourth-order valence-electron chi connectivity index (χ4n) is 2.66. The van der Waals surface area contributed by atoms with Crippen LogP contribution >= 0.6 is 12.4 Å². The van der Waals surface area contributed by atoms with Gasteiger partial charge in [0.25, 0.3) is 0 Å². The topological polar surface area (TPSA) is 55.1 Å². The molecule has 116 valence electrons. The fourth-order valence-corrected chi connectivity index (χ4v) is 2.66. The Morgan fingerprint density at radius 1 is 1.05 bits per heavy atom. The molecule has 4 heteroatoms. The van der Waals surface area contributed by atoms with Gasteiger partial charge in [-0.1, -0.05) is 42.5 Å². The van der Waals surface area contributed by atoms with Crippen LogP contribution in [0, 0.1) is 0 Å². The number of amides is 1. The molecule has 0 heterocycles. The Balaban J connectivity index is 0.00000176. The van der Waals surface area contributed by atoms with Gasteiger partial charge in [-0.25, -0.2) is 0 Å². The van der Waals surface area contributed by atoms with Crippen LogP contribution in [0.5, 0.6) is 0 Å². The number of benzene rings is 2. The van der Waals surface area contributed by atoms with E-state index in [1.807, 2.05) is 30.3 Å². The maximum absolute atomic E-state index is 12.1. The monoisotopic (exact) mass is 316 g/mol. The molecule has 2 aromatic carbocycles. The first-order valence-corrected chi connectivity index (χ1v) is 7.35. The van der Waals surface area contributed by atoms with Crippen molar-refractivity contribution < 1.29 is 4.79 Å². The molecule has 0 unspecified atom stereocenters. The van der Waals surface area contributed by atoms with E-state index in [9.17, 15) is 4.79 Å². The normalized spacial score (nSPS) is 14.7. The van der Waals surface area contributed by atoms with E-state index in [0.717, 1.165) is 30.6 Å². The van der Waals surface area contributed by atoms with Crippen LogP contribution < -0.4 is 11.1 Å². The minimum Gasteiger partial charge on any atom is -0.399 e. The summed E-state index contributed by atoms with van der Waals surface area (Å²) in [7, 11) is 0. The first kappa shape index (κ1) is 16.4. The van der Waals surface area contributed by atoms with Gasteiger partial charge in [-0.3, -0.25) is 4.79 Å². The lowest BCUT2D eigenvalue weighted by Crippen LogP contribution is -2.33. The van der Waals surface area contributed by atoms with E-state index in [0.29, 0.717) is 6.42 Å². The summed E-state index contributed by atoms with van der Waals surface area (Å²) in [5.41, 5.74) is 8.86. The molecule has 0 aliphatic heterocycles. The van der Waals surface area contributed by atoms with Gasteiger partial charge in [0.05, 0.1) is 6.42 Å². The molecule has 1 fully saturated rings. The number of rotatable bonds is 5. The molecule has 1 amide bonds. The lowest BCUT2D eigenvalue weighted by atomic mass is 9.96. The highest BCUT2D eigenvalue weighted by molar-refractivity contribution is 5.85. The summed E-state index contributed by atoms with van der Waals surface area (Å²) < 4.78 is 0. The number of anilines is 1. The summed E-state index contributed by atoms with van der Waals surface area (Å²) in [6, 6.07) is 17.9. The number of hydrogen-bond donors (Lipinski definition) is 2. The largest absolute Gasteiger partial charge is 0.399 e. The molecule has 1 saturated carbocycles. The molecule has 0 aromatic heterocycles. The zero-order valence-electron chi connectivity index (χ0n) is 12.4. The van der Waals surface area contributed by atoms with Crippen molar-refractivity contribution >= 4 is 24.0 Å². The van der Waals surface area contributed by atoms with E-state index in [1.54, 1.807) is 0 Å². The Labute approximate surface area is 137 Å². The number of hydrogen-bond acceptors (Lipinski definition) is 2. The Kier molecular flexibility index (Phi) is 5.09. The highest BCUT2D eigenvalue weighted by atomic mass is 35.5. The lowest BCUT2D eigenvalue weighted by molar-refractivity contribution is -0.120. The average Bonchev–Trinajstić information content (AvgIpc) is 3.30. The maximum atomic E-state index is 12.1. The van der Waals surface area contributed by atoms with E-state index in [2.05, 4.69) is 29.6 Å². The number of nitrogens with two attached hydrogens (primary N) is 1. The predicted molar refractivity (Wildman–Crippen MR) is 92.2 cm³/mol. The molecule has 0 spiro atoms. The second-order valence-corrected chi connectivity index (χ2v) is 5.84. The van der Waals surface area contributed by atoms with Gasteiger partial charge in [0.15, 0.2) is 0 Å². The minimum absolute atomic E-state index is 0. The van der Waals surface area contributed by atoms with E-state index in [1.165, 1.54) is 5.56 Å². The Hall–Kier alpha value is -2.00. The van der Waals surface area contributed by atoms with Crippen LogP contribution in [0.3, 0.4) is 0 Å². The molecule has 1 aliphatic carbocycles. The van der Waals surface area contributed by atoms with Crippen molar-refractivity contribution in [1.82, 2.24) is 5.32 Å². The summed E-state index contributed by atoms with van der Waals surface area (Å²) in [4.78, 5) is 12.1. The number of nitrogen functional groups attached to an aromatic ring is 1. The van der Waals surface area contributed by atoms with Crippen molar-refractivity contribution in [3.63, 3.8) is 0 Å². The molecule has 0 saturated heterocycles. The van der Waals surface area contributed by atoms with Gasteiger partial charge in [-0.15, -0.1) is 12.4 Å². The third kappa shape index (κ3) is 3.80. The predicted octanol–water partition coefficient (Wildman–Crippen LogP) is 3.08. The van der Waals surface area contributed by atoms with Crippen LogP contribution in [-0.2, 0) is 16.6 Å². The summed E-state index contributed by atoms with van der Waals surface area (Å²) in [6.07, 6.45) is 2.71. The van der Waals surface area contributed by atoms with Crippen LogP contribution in [0.4, 0.5) is 5.69 Å². The molecule has 0 bridgehead atoms. The van der Waals surface area contributed by atoms with Crippen molar-refractivity contribution in [2.75, 3.05) is 12.3 Å². The molecule has 0 radical (unpaired) electrons. The van der Waals surface area contributed by atoms with Crippen LogP contribution in [-0.4, -0.2) is 12.5 Å². The van der Waals surface area contributed by atoms with Gasteiger partial charge >= 0.3 is 0 Å². The lowest BCUT2D eigenvalue weighted by Gasteiger charge is -2.16. The summed E-state index contributed by atoms with van der Waals surface area (Å²) in [5, 5.41) is 3.08. The number of carbonyl (C=O) groups excluding carboxylic acids is 1. The Bertz CT molecular complexity index is 621. The third-order valence-corrected chi connectivity index (χ3v) is 4.21. The molecule has 22 heavy (non-hydrogen) atoms. The zero-order valence-corrected chi connectivity index (χ0v) is 13.2. The van der Waals surface area contributed by atoms with Crippen molar-refractivity contribution in [2.24, 2.45) is 0 Å². The quantitative estimate of drug-likeness (QED) is 0.833. The molecule has 1 aliphatic rings. The molecule has 3 rings (SSSR count). The Morgan fingerprint density at radius 3 is 2.27 bits per heavy atom. The van der Waals surface area contributed by atoms with Crippen LogP contribution in [0.15, 0.2) is 54.6 Å². The molecular weight excluding hydrogens is 296 g/mol. The smallest absolute Gasteiger partial charge is 0.224 e. The van der Waals surface area contributed by atoms with Gasteiger partial charge in [0, 0.05) is 17.6 Å². The summed E-state index contributed by atoms with van der Waals surface area (Å²) >= 11 is 0. The van der Waals surface area contributed by atoms with Gasteiger partial charge in [-0.2, -0.15) is 0 Å². The number of carbonyl (C=O) groups is 1. The van der Waals surface area contributed by atoms with E-state index >= 15 is 0 Å². The summed E-state index contributed by atoms with van der Waals surface area (Å²) in [6.45, 7) is 0.727. The molecule has 2 aromatic rings. The van der Waals surface area contributed by atoms with E-state index < -0.39 is 0 Å².